The lowest BCUT2D eigenvalue weighted by Gasteiger charge is -2.23. The first-order chi connectivity index (χ1) is 9.11. The molecule has 2 nitrogen and oxygen atoms in total. The average molecular weight is 295 g/mol. The van der Waals surface area contributed by atoms with Crippen molar-refractivity contribution in [2.24, 2.45) is 0 Å². The summed E-state index contributed by atoms with van der Waals surface area (Å²) >= 11 is 7.67. The third-order valence-corrected chi connectivity index (χ3v) is 4.60. The van der Waals surface area contributed by atoms with Gasteiger partial charge in [-0.25, -0.2) is 0 Å². The van der Waals surface area contributed by atoms with Crippen molar-refractivity contribution in [2.45, 2.75) is 49.1 Å². The lowest BCUT2D eigenvalue weighted by atomic mass is 9.98. The third kappa shape index (κ3) is 5.06. The number of nitriles is 1. The smallest absolute Gasteiger partial charge is 0.104 e. The Labute approximate surface area is 124 Å². The number of rotatable bonds is 7. The zero-order valence-corrected chi connectivity index (χ0v) is 12.7. The molecule has 0 heterocycles. The Hall–Kier alpha value is -0.690. The molecule has 1 atom stereocenters. The third-order valence-electron chi connectivity index (χ3n) is 3.25. The highest BCUT2D eigenvalue weighted by Gasteiger charge is 2.31. The second-order valence-electron chi connectivity index (χ2n) is 5.27. The van der Waals surface area contributed by atoms with E-state index in [0.717, 1.165) is 23.6 Å². The van der Waals surface area contributed by atoms with Gasteiger partial charge >= 0.3 is 0 Å². The predicted octanol–water partition coefficient (Wildman–Crippen LogP) is 4.25. The van der Waals surface area contributed by atoms with Gasteiger partial charge in [0.15, 0.2) is 0 Å². The van der Waals surface area contributed by atoms with E-state index in [-0.39, 0.29) is 5.54 Å². The summed E-state index contributed by atoms with van der Waals surface area (Å²) < 4.78 is 0. The number of hydrogen-bond acceptors (Lipinski definition) is 3. The molecule has 0 amide bonds. The maximum absolute atomic E-state index is 9.27. The van der Waals surface area contributed by atoms with Crippen LogP contribution >= 0.6 is 23.4 Å². The first-order valence-corrected chi connectivity index (χ1v) is 8.05. The summed E-state index contributed by atoms with van der Waals surface area (Å²) in [6.07, 6.45) is 4.38. The minimum Gasteiger partial charge on any atom is -0.297 e. The van der Waals surface area contributed by atoms with E-state index in [4.69, 9.17) is 11.6 Å². The molecule has 0 aromatic heterocycles. The normalized spacial score (nSPS) is 17.7. The van der Waals surface area contributed by atoms with Gasteiger partial charge < -0.3 is 0 Å². The van der Waals surface area contributed by atoms with Gasteiger partial charge in [0.05, 0.1) is 6.07 Å². The van der Waals surface area contributed by atoms with Crippen LogP contribution in [-0.4, -0.2) is 17.3 Å². The SMILES string of the molecule is CC(C#N)(CCCSc1ccc(Cl)cc1)NC1CC1. The van der Waals surface area contributed by atoms with Crippen LogP contribution in [0.5, 0.6) is 0 Å². The largest absolute Gasteiger partial charge is 0.297 e. The fourth-order valence-electron chi connectivity index (χ4n) is 1.99. The topological polar surface area (TPSA) is 35.8 Å². The second kappa shape index (κ2) is 6.65. The summed E-state index contributed by atoms with van der Waals surface area (Å²) in [5.41, 5.74) is -0.359. The molecule has 2 rings (SSSR count). The van der Waals surface area contributed by atoms with Gasteiger partial charge in [-0.15, -0.1) is 11.8 Å². The van der Waals surface area contributed by atoms with Crippen LogP contribution in [0.4, 0.5) is 0 Å². The lowest BCUT2D eigenvalue weighted by molar-refractivity contribution is 0.412. The Morgan fingerprint density at radius 1 is 1.42 bits per heavy atom. The van der Waals surface area contributed by atoms with Crippen molar-refractivity contribution < 1.29 is 0 Å². The van der Waals surface area contributed by atoms with Gasteiger partial charge in [0.2, 0.25) is 0 Å². The number of hydrogen-bond donors (Lipinski definition) is 1. The summed E-state index contributed by atoms with van der Waals surface area (Å²) in [5, 5.41) is 13.5. The number of nitrogens with zero attached hydrogens (tertiary/aromatic N) is 1. The highest BCUT2D eigenvalue weighted by Crippen LogP contribution is 2.26. The Balaban J connectivity index is 1.70. The Bertz CT molecular complexity index is 450. The molecule has 1 aliphatic rings. The molecule has 0 spiro atoms. The number of benzene rings is 1. The van der Waals surface area contributed by atoms with Crippen molar-refractivity contribution >= 4 is 23.4 Å². The highest BCUT2D eigenvalue weighted by atomic mass is 35.5. The molecule has 1 fully saturated rings. The number of nitrogens with one attached hydrogen (secondary N) is 1. The second-order valence-corrected chi connectivity index (χ2v) is 6.87. The molecule has 4 heteroatoms. The minimum atomic E-state index is -0.359. The van der Waals surface area contributed by atoms with E-state index in [1.54, 1.807) is 0 Å². The lowest BCUT2D eigenvalue weighted by Crippen LogP contribution is -2.42. The summed E-state index contributed by atoms with van der Waals surface area (Å²) in [6.45, 7) is 2.01. The molecule has 19 heavy (non-hydrogen) atoms. The van der Waals surface area contributed by atoms with Crippen LogP contribution in [0, 0.1) is 11.3 Å². The van der Waals surface area contributed by atoms with Gasteiger partial charge in [-0.2, -0.15) is 5.26 Å². The fraction of sp³-hybridized carbons (Fsp3) is 0.533. The molecule has 0 radical (unpaired) electrons. The molecule has 0 aliphatic heterocycles. The monoisotopic (exact) mass is 294 g/mol. The molecule has 1 aromatic carbocycles. The van der Waals surface area contributed by atoms with Crippen molar-refractivity contribution in [1.29, 1.82) is 5.26 Å². The zero-order valence-electron chi connectivity index (χ0n) is 11.2. The zero-order chi connectivity index (χ0) is 13.7. The predicted molar refractivity (Wildman–Crippen MR) is 81.6 cm³/mol. The van der Waals surface area contributed by atoms with Crippen LogP contribution in [0.15, 0.2) is 29.2 Å². The Morgan fingerprint density at radius 3 is 2.68 bits per heavy atom. The number of thioether (sulfide) groups is 1. The minimum absolute atomic E-state index is 0.359. The van der Waals surface area contributed by atoms with E-state index in [0.29, 0.717) is 6.04 Å². The highest BCUT2D eigenvalue weighted by molar-refractivity contribution is 7.99. The van der Waals surface area contributed by atoms with E-state index < -0.39 is 0 Å². The molecule has 1 N–H and O–H groups in total. The standard InChI is InChI=1S/C15H19ClN2S/c1-15(11-17,18-13-5-6-13)9-2-10-19-14-7-3-12(16)4-8-14/h3-4,7-8,13,18H,2,5-6,9-10H2,1H3. The maximum atomic E-state index is 9.27. The molecular formula is C15H19ClN2S. The van der Waals surface area contributed by atoms with Crippen molar-refractivity contribution in [3.05, 3.63) is 29.3 Å². The quantitative estimate of drug-likeness (QED) is 0.603. The first-order valence-electron chi connectivity index (χ1n) is 6.69. The molecule has 0 bridgehead atoms. The van der Waals surface area contributed by atoms with Crippen molar-refractivity contribution in [1.82, 2.24) is 5.32 Å². The van der Waals surface area contributed by atoms with Crippen LogP contribution in [0.25, 0.3) is 0 Å². The Morgan fingerprint density at radius 2 is 2.11 bits per heavy atom. The van der Waals surface area contributed by atoms with Crippen LogP contribution in [0.3, 0.4) is 0 Å². The van der Waals surface area contributed by atoms with Gasteiger partial charge in [0.25, 0.3) is 0 Å². The van der Waals surface area contributed by atoms with Gasteiger partial charge in [-0.3, -0.25) is 5.32 Å². The summed E-state index contributed by atoms with van der Waals surface area (Å²) in [4.78, 5) is 1.23. The molecule has 1 unspecified atom stereocenters. The van der Waals surface area contributed by atoms with Gasteiger partial charge in [-0.05, 0) is 62.6 Å². The van der Waals surface area contributed by atoms with Crippen LogP contribution in [0.1, 0.15) is 32.6 Å². The van der Waals surface area contributed by atoms with Gasteiger partial charge in [0, 0.05) is 16.0 Å². The van der Waals surface area contributed by atoms with Crippen molar-refractivity contribution in [3.8, 4) is 6.07 Å². The molecule has 1 aliphatic carbocycles. The van der Waals surface area contributed by atoms with Crippen LogP contribution in [-0.2, 0) is 0 Å². The van der Waals surface area contributed by atoms with Gasteiger partial charge in [0.1, 0.15) is 5.54 Å². The molecule has 1 aromatic rings. The van der Waals surface area contributed by atoms with Crippen LogP contribution in [0.2, 0.25) is 5.02 Å². The van der Waals surface area contributed by atoms with E-state index in [2.05, 4.69) is 11.4 Å². The molecule has 0 saturated heterocycles. The maximum Gasteiger partial charge on any atom is 0.104 e. The van der Waals surface area contributed by atoms with Crippen molar-refractivity contribution in [2.75, 3.05) is 5.75 Å². The van der Waals surface area contributed by atoms with E-state index in [1.165, 1.54) is 17.7 Å². The summed E-state index contributed by atoms with van der Waals surface area (Å²) in [7, 11) is 0. The Kier molecular flexibility index (Phi) is 5.15. The summed E-state index contributed by atoms with van der Waals surface area (Å²) in [5.74, 6) is 1.03. The van der Waals surface area contributed by atoms with Crippen molar-refractivity contribution in [3.63, 3.8) is 0 Å². The van der Waals surface area contributed by atoms with E-state index >= 15 is 0 Å². The molecule has 1 saturated carbocycles. The van der Waals surface area contributed by atoms with Gasteiger partial charge in [-0.1, -0.05) is 11.6 Å². The molecule has 102 valence electrons. The first kappa shape index (κ1) is 14.7. The fourth-order valence-corrected chi connectivity index (χ4v) is 2.96. The van der Waals surface area contributed by atoms with E-state index in [9.17, 15) is 5.26 Å². The van der Waals surface area contributed by atoms with E-state index in [1.807, 2.05) is 43.0 Å². The number of halogens is 1. The average Bonchev–Trinajstić information content (AvgIpc) is 3.21. The van der Waals surface area contributed by atoms with Crippen LogP contribution < -0.4 is 5.32 Å². The molecular weight excluding hydrogens is 276 g/mol. The summed E-state index contributed by atoms with van der Waals surface area (Å²) in [6, 6.07) is 10.9.